The zero-order chi connectivity index (χ0) is 12.5. The molecule has 1 aliphatic carbocycles. The molecule has 3 rings (SSSR count). The van der Waals surface area contributed by atoms with Gasteiger partial charge in [-0.15, -0.1) is 0 Å². The molecule has 1 unspecified atom stereocenters. The number of aryl methyl sites for hydroxylation is 1. The van der Waals surface area contributed by atoms with E-state index in [2.05, 4.69) is 35.3 Å². The number of hydrogen-bond donors (Lipinski definition) is 1. The lowest BCUT2D eigenvalue weighted by Gasteiger charge is -2.27. The van der Waals surface area contributed by atoms with Crippen molar-refractivity contribution in [2.24, 2.45) is 5.92 Å². The molecule has 18 heavy (non-hydrogen) atoms. The third kappa shape index (κ3) is 2.65. The number of nitrogens with zero attached hydrogens (tertiary/aromatic N) is 1. The van der Waals surface area contributed by atoms with Crippen molar-refractivity contribution in [3.63, 3.8) is 0 Å². The highest BCUT2D eigenvalue weighted by Gasteiger charge is 2.33. The van der Waals surface area contributed by atoms with E-state index >= 15 is 0 Å². The summed E-state index contributed by atoms with van der Waals surface area (Å²) in [5.74, 6) is 0.898. The van der Waals surface area contributed by atoms with Gasteiger partial charge in [0.1, 0.15) is 0 Å². The molecule has 2 aliphatic rings. The summed E-state index contributed by atoms with van der Waals surface area (Å²) in [4.78, 5) is 2.46. The van der Waals surface area contributed by atoms with E-state index in [0.717, 1.165) is 30.6 Å². The Bertz CT molecular complexity index is 429. The van der Waals surface area contributed by atoms with Gasteiger partial charge in [-0.2, -0.15) is 0 Å². The molecule has 2 nitrogen and oxygen atoms in total. The Morgan fingerprint density at radius 3 is 2.89 bits per heavy atom. The number of benzene rings is 1. The van der Waals surface area contributed by atoms with Crippen molar-refractivity contribution in [3.8, 4) is 0 Å². The van der Waals surface area contributed by atoms with Crippen LogP contribution in [0.15, 0.2) is 18.2 Å². The van der Waals surface area contributed by atoms with E-state index in [1.165, 1.54) is 30.5 Å². The Hall–Kier alpha value is -0.730. The Morgan fingerprint density at radius 1 is 1.33 bits per heavy atom. The maximum Gasteiger partial charge on any atom is 0.0642 e. The van der Waals surface area contributed by atoms with Crippen LogP contribution in [0.4, 0.5) is 5.69 Å². The summed E-state index contributed by atoms with van der Waals surface area (Å²) in [7, 11) is 0. The average molecular weight is 265 g/mol. The molecular weight excluding hydrogens is 244 g/mol. The van der Waals surface area contributed by atoms with Crippen LogP contribution < -0.4 is 10.2 Å². The van der Waals surface area contributed by atoms with Gasteiger partial charge >= 0.3 is 0 Å². The summed E-state index contributed by atoms with van der Waals surface area (Å²) in [5.41, 5.74) is 2.44. The van der Waals surface area contributed by atoms with Crippen molar-refractivity contribution in [2.45, 2.75) is 32.2 Å². The topological polar surface area (TPSA) is 15.3 Å². The molecule has 98 valence electrons. The summed E-state index contributed by atoms with van der Waals surface area (Å²) >= 11 is 6.40. The minimum Gasteiger partial charge on any atom is -0.369 e. The van der Waals surface area contributed by atoms with Gasteiger partial charge in [-0.3, -0.25) is 0 Å². The van der Waals surface area contributed by atoms with Crippen LogP contribution in [0.25, 0.3) is 0 Å². The fourth-order valence-corrected chi connectivity index (χ4v) is 3.21. The van der Waals surface area contributed by atoms with E-state index in [9.17, 15) is 0 Å². The van der Waals surface area contributed by atoms with Gasteiger partial charge in [-0.05, 0) is 56.3 Å². The number of anilines is 1. The highest BCUT2D eigenvalue weighted by atomic mass is 35.5. The van der Waals surface area contributed by atoms with E-state index in [4.69, 9.17) is 11.6 Å². The van der Waals surface area contributed by atoms with Crippen LogP contribution >= 0.6 is 11.6 Å². The van der Waals surface area contributed by atoms with Crippen molar-refractivity contribution in [1.82, 2.24) is 5.32 Å². The minimum absolute atomic E-state index is 0.657. The number of hydrogen-bond acceptors (Lipinski definition) is 2. The smallest absolute Gasteiger partial charge is 0.0642 e. The van der Waals surface area contributed by atoms with Gasteiger partial charge in [0.25, 0.3) is 0 Å². The van der Waals surface area contributed by atoms with Gasteiger partial charge in [0.05, 0.1) is 10.7 Å². The van der Waals surface area contributed by atoms with Crippen molar-refractivity contribution in [3.05, 3.63) is 28.8 Å². The Labute approximate surface area is 114 Å². The van der Waals surface area contributed by atoms with E-state index in [1.807, 2.05) is 0 Å². The van der Waals surface area contributed by atoms with Crippen LogP contribution in [0.3, 0.4) is 0 Å². The first-order valence-electron chi connectivity index (χ1n) is 6.98. The standard InChI is InChI=1S/C15H21ClN2/c1-11-3-6-15(13(16)9-11)18-8-2-7-17-14(10-18)12-4-5-12/h3,6,9,12,14,17H,2,4-5,7-8,10H2,1H3. The fraction of sp³-hybridized carbons (Fsp3) is 0.600. The molecule has 1 saturated heterocycles. The van der Waals surface area contributed by atoms with Crippen molar-refractivity contribution >= 4 is 17.3 Å². The molecule has 1 aromatic rings. The van der Waals surface area contributed by atoms with Crippen LogP contribution in [0.2, 0.25) is 5.02 Å². The van der Waals surface area contributed by atoms with E-state index in [1.54, 1.807) is 0 Å². The second kappa shape index (κ2) is 5.10. The molecule has 1 heterocycles. The van der Waals surface area contributed by atoms with E-state index in [0.29, 0.717) is 6.04 Å². The summed E-state index contributed by atoms with van der Waals surface area (Å²) in [6, 6.07) is 7.06. The molecule has 0 spiro atoms. The van der Waals surface area contributed by atoms with Gasteiger partial charge in [0.15, 0.2) is 0 Å². The third-order valence-corrected chi connectivity index (χ3v) is 4.37. The zero-order valence-corrected chi connectivity index (χ0v) is 11.7. The van der Waals surface area contributed by atoms with Gasteiger partial charge < -0.3 is 10.2 Å². The molecule has 0 radical (unpaired) electrons. The molecule has 1 aliphatic heterocycles. The highest BCUT2D eigenvalue weighted by Crippen LogP contribution is 2.35. The van der Waals surface area contributed by atoms with Crippen molar-refractivity contribution in [2.75, 3.05) is 24.5 Å². The molecule has 1 N–H and O–H groups in total. The quantitative estimate of drug-likeness (QED) is 0.882. The Kier molecular flexibility index (Phi) is 3.49. The molecule has 0 amide bonds. The zero-order valence-electron chi connectivity index (χ0n) is 11.0. The monoisotopic (exact) mass is 264 g/mol. The lowest BCUT2D eigenvalue weighted by Crippen LogP contribution is -2.39. The molecule has 1 aromatic carbocycles. The second-order valence-electron chi connectivity index (χ2n) is 5.65. The maximum atomic E-state index is 6.40. The molecular formula is C15H21ClN2. The first-order valence-corrected chi connectivity index (χ1v) is 7.36. The van der Waals surface area contributed by atoms with Crippen molar-refractivity contribution < 1.29 is 0 Å². The van der Waals surface area contributed by atoms with Gasteiger partial charge in [0, 0.05) is 19.1 Å². The molecule has 3 heteroatoms. The maximum absolute atomic E-state index is 6.40. The lowest BCUT2D eigenvalue weighted by molar-refractivity contribution is 0.490. The SMILES string of the molecule is Cc1ccc(N2CCCNC(C3CC3)C2)c(Cl)c1. The summed E-state index contributed by atoms with van der Waals surface area (Å²) in [6.45, 7) is 5.44. The molecule has 2 fully saturated rings. The minimum atomic E-state index is 0.657. The molecule has 1 atom stereocenters. The lowest BCUT2D eigenvalue weighted by atomic mass is 10.1. The Balaban J connectivity index is 1.80. The number of rotatable bonds is 2. The number of halogens is 1. The molecule has 1 saturated carbocycles. The third-order valence-electron chi connectivity index (χ3n) is 4.06. The van der Waals surface area contributed by atoms with Crippen LogP contribution in [0.1, 0.15) is 24.8 Å². The highest BCUT2D eigenvalue weighted by molar-refractivity contribution is 6.33. The first-order chi connectivity index (χ1) is 8.74. The van der Waals surface area contributed by atoms with Crippen LogP contribution in [0.5, 0.6) is 0 Å². The average Bonchev–Trinajstić information content (AvgIpc) is 3.15. The number of nitrogens with one attached hydrogen (secondary N) is 1. The van der Waals surface area contributed by atoms with Gasteiger partial charge in [-0.25, -0.2) is 0 Å². The predicted octanol–water partition coefficient (Wildman–Crippen LogP) is 3.23. The van der Waals surface area contributed by atoms with Crippen LogP contribution in [-0.2, 0) is 0 Å². The Morgan fingerprint density at radius 2 is 2.17 bits per heavy atom. The summed E-state index contributed by atoms with van der Waals surface area (Å²) < 4.78 is 0. The second-order valence-corrected chi connectivity index (χ2v) is 6.06. The normalized spacial score (nSPS) is 25.0. The fourth-order valence-electron chi connectivity index (χ4n) is 2.85. The van der Waals surface area contributed by atoms with Gasteiger partial charge in [-0.1, -0.05) is 17.7 Å². The first kappa shape index (κ1) is 12.3. The van der Waals surface area contributed by atoms with Crippen LogP contribution in [-0.4, -0.2) is 25.7 Å². The largest absolute Gasteiger partial charge is 0.369 e. The summed E-state index contributed by atoms with van der Waals surface area (Å²) in [5, 5.41) is 4.58. The van der Waals surface area contributed by atoms with Gasteiger partial charge in [0.2, 0.25) is 0 Å². The molecule has 0 aromatic heterocycles. The predicted molar refractivity (Wildman–Crippen MR) is 77.5 cm³/mol. The van der Waals surface area contributed by atoms with E-state index < -0.39 is 0 Å². The molecule has 0 bridgehead atoms. The van der Waals surface area contributed by atoms with Crippen LogP contribution in [0, 0.1) is 12.8 Å². The van der Waals surface area contributed by atoms with Crippen molar-refractivity contribution in [1.29, 1.82) is 0 Å². The summed E-state index contributed by atoms with van der Waals surface area (Å²) in [6.07, 6.45) is 3.99. The van der Waals surface area contributed by atoms with E-state index in [-0.39, 0.29) is 0 Å².